The van der Waals surface area contributed by atoms with Crippen LogP contribution in [-0.2, 0) is 11.2 Å². The number of hydrogen-bond donors (Lipinski definition) is 1. The average Bonchev–Trinajstić information content (AvgIpc) is 2.88. The van der Waals surface area contributed by atoms with Crippen LogP contribution in [0, 0.1) is 17.8 Å². The Morgan fingerprint density at radius 3 is 2.57 bits per heavy atom. The summed E-state index contributed by atoms with van der Waals surface area (Å²) in [6.07, 6.45) is 8.46. The number of thioether (sulfide) groups is 1. The van der Waals surface area contributed by atoms with Crippen molar-refractivity contribution in [3.63, 3.8) is 0 Å². The van der Waals surface area contributed by atoms with Gasteiger partial charge >= 0.3 is 0 Å². The van der Waals surface area contributed by atoms with Gasteiger partial charge in [-0.1, -0.05) is 0 Å². The van der Waals surface area contributed by atoms with Crippen LogP contribution in [0.15, 0.2) is 17.0 Å². The zero-order valence-electron chi connectivity index (χ0n) is 12.5. The quantitative estimate of drug-likeness (QED) is 0.792. The molecular formula is C18H22O2S. The fourth-order valence-corrected chi connectivity index (χ4v) is 5.68. The van der Waals surface area contributed by atoms with E-state index in [1.165, 1.54) is 17.5 Å². The van der Waals surface area contributed by atoms with Crippen molar-refractivity contribution >= 4 is 17.5 Å². The summed E-state index contributed by atoms with van der Waals surface area (Å²) in [5, 5.41) is 10.1. The molecule has 1 aromatic carbocycles. The van der Waals surface area contributed by atoms with Crippen LogP contribution in [-0.4, -0.2) is 17.1 Å². The van der Waals surface area contributed by atoms with Gasteiger partial charge in [0.25, 0.3) is 0 Å². The van der Waals surface area contributed by atoms with E-state index >= 15 is 0 Å². The third kappa shape index (κ3) is 2.04. The van der Waals surface area contributed by atoms with Gasteiger partial charge in [-0.2, -0.15) is 0 Å². The molecule has 0 bridgehead atoms. The second kappa shape index (κ2) is 5.05. The minimum Gasteiger partial charge on any atom is -0.507 e. The van der Waals surface area contributed by atoms with Crippen molar-refractivity contribution in [2.45, 2.75) is 49.3 Å². The number of rotatable bonds is 1. The van der Waals surface area contributed by atoms with Gasteiger partial charge in [-0.15, -0.1) is 11.8 Å². The third-order valence-corrected chi connectivity index (χ3v) is 6.86. The highest BCUT2D eigenvalue weighted by molar-refractivity contribution is 7.98. The number of benzene rings is 1. The number of aryl methyl sites for hydroxylation is 1. The fraction of sp³-hybridized carbons (Fsp3) is 0.611. The Labute approximate surface area is 130 Å². The molecular weight excluding hydrogens is 280 g/mol. The second-order valence-corrected chi connectivity index (χ2v) is 7.73. The van der Waals surface area contributed by atoms with E-state index in [1.54, 1.807) is 11.8 Å². The molecule has 112 valence electrons. The Morgan fingerprint density at radius 2 is 1.76 bits per heavy atom. The Bertz CT molecular complexity index is 595. The van der Waals surface area contributed by atoms with E-state index in [0.29, 0.717) is 35.2 Å². The monoisotopic (exact) mass is 302 g/mol. The highest BCUT2D eigenvalue weighted by Crippen LogP contribution is 2.54. The van der Waals surface area contributed by atoms with Crippen molar-refractivity contribution in [3.8, 4) is 5.75 Å². The van der Waals surface area contributed by atoms with Crippen molar-refractivity contribution in [2.75, 3.05) is 6.26 Å². The van der Waals surface area contributed by atoms with E-state index in [0.717, 1.165) is 37.0 Å². The Balaban J connectivity index is 1.72. The standard InChI is InChI=1S/C18H22O2S/c1-21-18-9-15-10(8-17(18)20)2-3-11-12-6-7-16(19)14(12)5-4-13(11)15/h8-9,11-14,20H,2-7H2,1H3. The van der Waals surface area contributed by atoms with Gasteiger partial charge in [0.15, 0.2) is 0 Å². The minimum absolute atomic E-state index is 0.366. The number of carbonyl (C=O) groups is 1. The zero-order chi connectivity index (χ0) is 14.6. The molecule has 2 fully saturated rings. The van der Waals surface area contributed by atoms with Crippen LogP contribution < -0.4 is 0 Å². The smallest absolute Gasteiger partial charge is 0.136 e. The number of aromatic hydroxyl groups is 1. The minimum atomic E-state index is 0.366. The molecule has 4 unspecified atom stereocenters. The molecule has 3 aliphatic rings. The van der Waals surface area contributed by atoms with E-state index < -0.39 is 0 Å². The molecule has 0 spiro atoms. The summed E-state index contributed by atoms with van der Waals surface area (Å²) in [5.74, 6) is 3.28. The number of Topliss-reactive ketones (excluding diaryl/α,β-unsaturated/α-hetero) is 1. The molecule has 3 heteroatoms. The molecule has 2 saturated carbocycles. The van der Waals surface area contributed by atoms with Gasteiger partial charge in [0.2, 0.25) is 0 Å². The van der Waals surface area contributed by atoms with Gasteiger partial charge in [0.1, 0.15) is 11.5 Å². The molecule has 0 aromatic heterocycles. The Morgan fingerprint density at radius 1 is 1.05 bits per heavy atom. The topological polar surface area (TPSA) is 37.3 Å². The number of phenolic OH excluding ortho intramolecular Hbond substituents is 1. The van der Waals surface area contributed by atoms with Gasteiger partial charge in [-0.05, 0) is 79.4 Å². The summed E-state index contributed by atoms with van der Waals surface area (Å²) in [7, 11) is 0. The van der Waals surface area contributed by atoms with Crippen molar-refractivity contribution in [1.82, 2.24) is 0 Å². The van der Waals surface area contributed by atoms with Gasteiger partial charge in [0, 0.05) is 17.2 Å². The number of ketones is 1. The molecule has 0 saturated heterocycles. The highest BCUT2D eigenvalue weighted by Gasteiger charge is 2.47. The summed E-state index contributed by atoms with van der Waals surface area (Å²) in [4.78, 5) is 13.0. The van der Waals surface area contributed by atoms with Crippen LogP contribution in [0.4, 0.5) is 0 Å². The van der Waals surface area contributed by atoms with Gasteiger partial charge in [-0.25, -0.2) is 0 Å². The number of carbonyl (C=O) groups excluding carboxylic acids is 1. The highest BCUT2D eigenvalue weighted by atomic mass is 32.2. The first-order valence-electron chi connectivity index (χ1n) is 8.11. The van der Waals surface area contributed by atoms with Crippen molar-refractivity contribution in [3.05, 3.63) is 23.3 Å². The van der Waals surface area contributed by atoms with E-state index in [2.05, 4.69) is 6.07 Å². The van der Waals surface area contributed by atoms with Gasteiger partial charge in [-0.3, -0.25) is 4.79 Å². The van der Waals surface area contributed by atoms with E-state index in [-0.39, 0.29) is 0 Å². The van der Waals surface area contributed by atoms with Crippen LogP contribution in [0.1, 0.15) is 49.1 Å². The van der Waals surface area contributed by atoms with Gasteiger partial charge in [0.05, 0.1) is 0 Å². The number of fused-ring (bicyclic) bond motifs is 5. The van der Waals surface area contributed by atoms with Crippen LogP contribution >= 0.6 is 11.8 Å². The predicted molar refractivity (Wildman–Crippen MR) is 84.9 cm³/mol. The lowest BCUT2D eigenvalue weighted by Crippen LogP contribution is -2.35. The van der Waals surface area contributed by atoms with E-state index in [4.69, 9.17) is 0 Å². The molecule has 0 amide bonds. The maximum atomic E-state index is 12.0. The first-order valence-corrected chi connectivity index (χ1v) is 9.34. The normalized spacial score (nSPS) is 34.2. The van der Waals surface area contributed by atoms with Crippen molar-refractivity contribution in [2.24, 2.45) is 17.8 Å². The van der Waals surface area contributed by atoms with Crippen LogP contribution in [0.5, 0.6) is 5.75 Å². The Kier molecular flexibility index (Phi) is 3.29. The number of phenols is 1. The van der Waals surface area contributed by atoms with Gasteiger partial charge < -0.3 is 5.11 Å². The Hall–Kier alpha value is -0.960. The molecule has 1 aromatic rings. The van der Waals surface area contributed by atoms with Crippen LogP contribution in [0.3, 0.4) is 0 Å². The molecule has 1 N–H and O–H groups in total. The summed E-state index contributed by atoms with van der Waals surface area (Å²) >= 11 is 1.62. The summed E-state index contributed by atoms with van der Waals surface area (Å²) in [5.41, 5.74) is 2.81. The maximum Gasteiger partial charge on any atom is 0.136 e. The molecule has 3 aliphatic carbocycles. The largest absolute Gasteiger partial charge is 0.507 e. The third-order valence-electron chi connectivity index (χ3n) is 6.10. The van der Waals surface area contributed by atoms with Crippen molar-refractivity contribution < 1.29 is 9.90 Å². The molecule has 21 heavy (non-hydrogen) atoms. The molecule has 0 radical (unpaired) electrons. The summed E-state index contributed by atoms with van der Waals surface area (Å²) < 4.78 is 0. The molecule has 4 atom stereocenters. The summed E-state index contributed by atoms with van der Waals surface area (Å²) in [6.45, 7) is 0. The van der Waals surface area contributed by atoms with Crippen LogP contribution in [0.25, 0.3) is 0 Å². The maximum absolute atomic E-state index is 12.0. The predicted octanol–water partition coefficient (Wildman–Crippen LogP) is 4.15. The first kappa shape index (κ1) is 13.7. The molecule has 0 heterocycles. The first-order chi connectivity index (χ1) is 10.2. The van der Waals surface area contributed by atoms with Crippen LogP contribution in [0.2, 0.25) is 0 Å². The van der Waals surface area contributed by atoms with E-state index in [9.17, 15) is 9.90 Å². The molecule has 4 rings (SSSR count). The lowest BCUT2D eigenvalue weighted by Gasteiger charge is -2.43. The lowest BCUT2D eigenvalue weighted by molar-refractivity contribution is -0.122. The molecule has 2 nitrogen and oxygen atoms in total. The average molecular weight is 302 g/mol. The number of hydrogen-bond acceptors (Lipinski definition) is 3. The summed E-state index contributed by atoms with van der Waals surface area (Å²) in [6, 6.07) is 4.21. The lowest BCUT2D eigenvalue weighted by atomic mass is 9.61. The zero-order valence-corrected chi connectivity index (χ0v) is 13.3. The van der Waals surface area contributed by atoms with Crippen molar-refractivity contribution in [1.29, 1.82) is 0 Å². The second-order valence-electron chi connectivity index (χ2n) is 6.88. The van der Waals surface area contributed by atoms with E-state index in [1.807, 2.05) is 12.3 Å². The SMILES string of the molecule is CSc1cc2c(cc1O)CCC1C2CCC2C(=O)CCC21. The fourth-order valence-electron chi connectivity index (χ4n) is 5.17. The molecule has 0 aliphatic heterocycles.